The van der Waals surface area contributed by atoms with Gasteiger partial charge in [0.25, 0.3) is 0 Å². The van der Waals surface area contributed by atoms with Crippen LogP contribution in [-0.2, 0) is 14.3 Å². The minimum absolute atomic E-state index is 0.0668. The Labute approximate surface area is 211 Å². The molecule has 1 amide bonds. The third-order valence-electron chi connectivity index (χ3n) is 5.33. The van der Waals surface area contributed by atoms with Gasteiger partial charge in [-0.2, -0.15) is 5.26 Å². The Bertz CT molecular complexity index is 1360. The summed E-state index contributed by atoms with van der Waals surface area (Å²) in [7, 11) is 0. The number of amides is 1. The lowest BCUT2D eigenvalue weighted by Crippen LogP contribution is -2.29. The number of allylic oxidation sites excluding steroid dienone is 1. The summed E-state index contributed by atoms with van der Waals surface area (Å²) < 4.78 is 24.9. The lowest BCUT2D eigenvalue weighted by molar-refractivity contribution is -0.138. The van der Waals surface area contributed by atoms with Gasteiger partial charge in [-0.15, -0.1) is 0 Å². The Balaban J connectivity index is 1.72. The van der Waals surface area contributed by atoms with Gasteiger partial charge >= 0.3 is 5.97 Å². The monoisotopic (exact) mass is 503 g/mol. The number of ether oxygens (including phenoxy) is 1. The van der Waals surface area contributed by atoms with E-state index in [9.17, 15) is 19.2 Å². The highest BCUT2D eigenvalue weighted by atomic mass is 32.2. The number of dihydropyridines is 1. The predicted molar refractivity (Wildman–Crippen MR) is 135 cm³/mol. The number of para-hydroxylation sites is 1. The minimum Gasteiger partial charge on any atom is -0.468 e. The SMILES string of the molecule is CCOC(=O)C1=C(c2ccccc2)NC(SCC(=O)Nc2ccccc2F)=C(C#N)[C@H]1c1ccco1. The molecule has 182 valence electrons. The molecular formula is C27H22FN3O4S. The van der Waals surface area contributed by atoms with Crippen molar-refractivity contribution in [2.24, 2.45) is 0 Å². The van der Waals surface area contributed by atoms with Crippen molar-refractivity contribution in [3.05, 3.63) is 106 Å². The van der Waals surface area contributed by atoms with E-state index in [1.54, 1.807) is 25.1 Å². The summed E-state index contributed by atoms with van der Waals surface area (Å²) in [6, 6.07) is 20.5. The highest BCUT2D eigenvalue weighted by Gasteiger charge is 2.38. The van der Waals surface area contributed by atoms with E-state index in [1.807, 2.05) is 30.3 Å². The molecule has 0 radical (unpaired) electrons. The minimum atomic E-state index is -0.849. The van der Waals surface area contributed by atoms with Crippen LogP contribution in [0.15, 0.2) is 93.6 Å². The number of hydrogen-bond donors (Lipinski definition) is 2. The van der Waals surface area contributed by atoms with Crippen molar-refractivity contribution >= 4 is 35.0 Å². The zero-order valence-corrected chi connectivity index (χ0v) is 20.1. The highest BCUT2D eigenvalue weighted by Crippen LogP contribution is 2.43. The fourth-order valence-electron chi connectivity index (χ4n) is 3.79. The number of thioether (sulfide) groups is 1. The maximum atomic E-state index is 13.9. The predicted octanol–water partition coefficient (Wildman–Crippen LogP) is 5.19. The second-order valence-corrected chi connectivity index (χ2v) is 8.61. The van der Waals surface area contributed by atoms with E-state index in [1.165, 1.54) is 24.5 Å². The van der Waals surface area contributed by atoms with Gasteiger partial charge in [-0.05, 0) is 36.8 Å². The molecule has 1 aliphatic heterocycles. The van der Waals surface area contributed by atoms with Crippen molar-refractivity contribution in [2.45, 2.75) is 12.8 Å². The molecule has 0 saturated carbocycles. The average molecular weight is 504 g/mol. The number of esters is 1. The van der Waals surface area contributed by atoms with Crippen molar-refractivity contribution in [1.29, 1.82) is 5.26 Å². The second kappa shape index (κ2) is 11.4. The van der Waals surface area contributed by atoms with Crippen molar-refractivity contribution in [2.75, 3.05) is 17.7 Å². The second-order valence-electron chi connectivity index (χ2n) is 7.62. The van der Waals surface area contributed by atoms with Gasteiger partial charge in [-0.3, -0.25) is 4.79 Å². The molecule has 3 aromatic rings. The Hall–Kier alpha value is -4.29. The maximum Gasteiger partial charge on any atom is 0.337 e. The van der Waals surface area contributed by atoms with Gasteiger partial charge < -0.3 is 19.8 Å². The van der Waals surface area contributed by atoms with Crippen LogP contribution in [0.2, 0.25) is 0 Å². The van der Waals surface area contributed by atoms with Crippen LogP contribution in [-0.4, -0.2) is 24.2 Å². The first-order valence-corrected chi connectivity index (χ1v) is 12.1. The fraction of sp³-hybridized carbons (Fsp3) is 0.148. The van der Waals surface area contributed by atoms with Crippen molar-refractivity contribution in [3.63, 3.8) is 0 Å². The van der Waals surface area contributed by atoms with Crippen molar-refractivity contribution in [1.82, 2.24) is 5.32 Å². The molecule has 2 N–H and O–H groups in total. The lowest BCUT2D eigenvalue weighted by Gasteiger charge is -2.29. The van der Waals surface area contributed by atoms with Crippen molar-refractivity contribution in [3.8, 4) is 6.07 Å². The molecule has 0 bridgehead atoms. The number of carbonyl (C=O) groups is 2. The van der Waals surface area contributed by atoms with Crippen LogP contribution in [0.25, 0.3) is 5.70 Å². The first-order chi connectivity index (χ1) is 17.5. The van der Waals surface area contributed by atoms with Crippen LogP contribution in [0.5, 0.6) is 0 Å². The van der Waals surface area contributed by atoms with Gasteiger partial charge in [-0.25, -0.2) is 9.18 Å². The number of halogens is 1. The third kappa shape index (κ3) is 5.34. The summed E-state index contributed by atoms with van der Waals surface area (Å²) in [6.07, 6.45) is 1.46. The van der Waals surface area contributed by atoms with E-state index < -0.39 is 23.6 Å². The zero-order chi connectivity index (χ0) is 25.5. The highest BCUT2D eigenvalue weighted by molar-refractivity contribution is 8.03. The molecule has 0 spiro atoms. The fourth-order valence-corrected chi connectivity index (χ4v) is 4.63. The van der Waals surface area contributed by atoms with E-state index in [-0.39, 0.29) is 29.2 Å². The van der Waals surface area contributed by atoms with Gasteiger partial charge in [0.05, 0.1) is 58.2 Å². The molecular weight excluding hydrogens is 481 g/mol. The van der Waals surface area contributed by atoms with Gasteiger partial charge in [0.2, 0.25) is 5.91 Å². The maximum absolute atomic E-state index is 13.9. The molecule has 9 heteroatoms. The molecule has 7 nitrogen and oxygen atoms in total. The molecule has 36 heavy (non-hydrogen) atoms. The van der Waals surface area contributed by atoms with Gasteiger partial charge in [0, 0.05) is 0 Å². The van der Waals surface area contributed by atoms with Gasteiger partial charge in [0.1, 0.15) is 11.6 Å². The number of nitrogens with one attached hydrogen (secondary N) is 2. The first-order valence-electron chi connectivity index (χ1n) is 11.1. The summed E-state index contributed by atoms with van der Waals surface area (Å²) in [6.45, 7) is 1.86. The van der Waals surface area contributed by atoms with Crippen LogP contribution in [0.4, 0.5) is 10.1 Å². The molecule has 1 atom stereocenters. The quantitative estimate of drug-likeness (QED) is 0.408. The Kier molecular flexibility index (Phi) is 7.88. The van der Waals surface area contributed by atoms with E-state index in [0.717, 1.165) is 11.8 Å². The molecule has 1 aliphatic rings. The number of nitriles is 1. The van der Waals surface area contributed by atoms with E-state index >= 15 is 0 Å². The van der Waals surface area contributed by atoms with E-state index in [2.05, 4.69) is 16.7 Å². The van der Waals surface area contributed by atoms with Gasteiger partial charge in [0.15, 0.2) is 0 Å². The number of furan rings is 1. The summed E-state index contributed by atoms with van der Waals surface area (Å²) in [4.78, 5) is 25.7. The van der Waals surface area contributed by atoms with Crippen LogP contribution in [0.1, 0.15) is 24.2 Å². The van der Waals surface area contributed by atoms with Crippen LogP contribution < -0.4 is 10.6 Å². The summed E-state index contributed by atoms with van der Waals surface area (Å²) in [5.41, 5.74) is 1.65. The summed E-state index contributed by atoms with van der Waals surface area (Å²) >= 11 is 1.07. The molecule has 2 aromatic carbocycles. The first kappa shape index (κ1) is 24.8. The Morgan fingerprint density at radius 1 is 1.14 bits per heavy atom. The number of rotatable bonds is 8. The van der Waals surface area contributed by atoms with Crippen LogP contribution >= 0.6 is 11.8 Å². The molecule has 4 rings (SSSR count). The standard InChI is InChI=1S/C27H22FN3O4S/c1-2-34-27(33)24-23(21-13-8-14-35-21)18(15-29)26(31-25(24)17-9-4-3-5-10-17)36-16-22(32)30-20-12-7-6-11-19(20)28/h3-14,23,31H,2,16H2,1H3,(H,30,32)/t23-/m0/s1. The number of benzene rings is 2. The van der Waals surface area contributed by atoms with Gasteiger partial charge in [-0.1, -0.05) is 54.2 Å². The Morgan fingerprint density at radius 3 is 2.56 bits per heavy atom. The molecule has 0 fully saturated rings. The van der Waals surface area contributed by atoms with Crippen LogP contribution in [0.3, 0.4) is 0 Å². The van der Waals surface area contributed by atoms with E-state index in [0.29, 0.717) is 22.0 Å². The molecule has 0 unspecified atom stereocenters. The molecule has 0 saturated heterocycles. The summed E-state index contributed by atoms with van der Waals surface area (Å²) in [5.74, 6) is -2.15. The smallest absolute Gasteiger partial charge is 0.337 e. The number of hydrogen-bond acceptors (Lipinski definition) is 7. The molecule has 2 heterocycles. The van der Waals surface area contributed by atoms with E-state index in [4.69, 9.17) is 9.15 Å². The topological polar surface area (TPSA) is 104 Å². The third-order valence-corrected chi connectivity index (χ3v) is 6.35. The largest absolute Gasteiger partial charge is 0.468 e. The number of nitrogens with zero attached hydrogens (tertiary/aromatic N) is 1. The Morgan fingerprint density at radius 2 is 1.89 bits per heavy atom. The van der Waals surface area contributed by atoms with Crippen LogP contribution in [0, 0.1) is 17.1 Å². The zero-order valence-electron chi connectivity index (χ0n) is 19.3. The number of anilines is 1. The normalized spacial score (nSPS) is 15.2. The lowest BCUT2D eigenvalue weighted by atomic mass is 9.84. The number of carbonyl (C=O) groups excluding carboxylic acids is 2. The average Bonchev–Trinajstić information content (AvgIpc) is 3.43. The van der Waals surface area contributed by atoms with Crippen molar-refractivity contribution < 1.29 is 23.1 Å². The summed E-state index contributed by atoms with van der Waals surface area (Å²) in [5, 5.41) is 16.2. The molecule has 1 aromatic heterocycles. The molecule has 0 aliphatic carbocycles.